The zero-order valence-corrected chi connectivity index (χ0v) is 31.0. The van der Waals surface area contributed by atoms with E-state index in [0.29, 0.717) is 39.4 Å². The predicted octanol–water partition coefficient (Wildman–Crippen LogP) is 3.29. The maximum absolute atomic E-state index is 14.6. The number of ether oxygens (including phenoxy) is 3. The summed E-state index contributed by atoms with van der Waals surface area (Å²) < 4.78 is 21.8. The summed E-state index contributed by atoms with van der Waals surface area (Å²) in [6, 6.07) is 16.2. The summed E-state index contributed by atoms with van der Waals surface area (Å²) in [5.41, 5.74) is 0.0751. The van der Waals surface area contributed by atoms with E-state index < -0.39 is 40.6 Å². The van der Waals surface area contributed by atoms with E-state index in [1.165, 1.54) is 39.1 Å². The Kier molecular flexibility index (Phi) is 8.54. The normalized spacial score (nSPS) is 21.6. The van der Waals surface area contributed by atoms with Crippen LogP contribution in [0.1, 0.15) is 43.5 Å². The molecule has 55 heavy (non-hydrogen) atoms. The zero-order valence-electron chi connectivity index (χ0n) is 31.0. The van der Waals surface area contributed by atoms with Gasteiger partial charge in [-0.25, -0.2) is 33.4 Å². The van der Waals surface area contributed by atoms with Gasteiger partial charge in [0.15, 0.2) is 23.0 Å². The number of carbonyl (C=O) groups excluding carboxylic acids is 2. The summed E-state index contributed by atoms with van der Waals surface area (Å²) in [5, 5.41) is 10.6. The minimum Gasteiger partial charge on any atom is -0.504 e. The van der Waals surface area contributed by atoms with Gasteiger partial charge < -0.3 is 23.9 Å². The Hall–Kier alpha value is -6.38. The zero-order chi connectivity index (χ0) is 38.9. The van der Waals surface area contributed by atoms with Gasteiger partial charge in [0.05, 0.1) is 61.5 Å². The van der Waals surface area contributed by atoms with Crippen LogP contribution in [0, 0.1) is 11.3 Å². The Morgan fingerprint density at radius 3 is 2.36 bits per heavy atom. The molecule has 4 atom stereocenters. The topological polar surface area (TPSA) is 169 Å². The highest BCUT2D eigenvalue weighted by molar-refractivity contribution is 6.24. The fraction of sp³-hybridized carbons (Fsp3) is 0.350. The van der Waals surface area contributed by atoms with Crippen LogP contribution in [0.5, 0.6) is 23.0 Å². The molecule has 284 valence electrons. The number of methoxy groups -OCH3 is 2. The second-order valence-electron chi connectivity index (χ2n) is 14.2. The molecule has 1 saturated carbocycles. The number of aromatic hydroxyl groups is 1. The fourth-order valence-electron chi connectivity index (χ4n) is 8.79. The molecule has 0 bridgehead atoms. The van der Waals surface area contributed by atoms with Crippen molar-refractivity contribution in [3.05, 3.63) is 115 Å². The summed E-state index contributed by atoms with van der Waals surface area (Å²) in [4.78, 5) is 76.6. The SMILES string of the molecule is CCOc1cc(C2C3=CCn4c(=O)n(CCc5nc6cc(OC)c(OC)cc6n(C)c5=O)c(=O)n4C3CC3C(=O)N(c4ccccc4)C(=O)C32C)ccc1O. The first-order valence-corrected chi connectivity index (χ1v) is 18.1. The third-order valence-corrected chi connectivity index (χ3v) is 11.5. The van der Waals surface area contributed by atoms with Crippen molar-refractivity contribution in [3.63, 3.8) is 0 Å². The number of phenols is 1. The molecule has 1 aliphatic carbocycles. The Morgan fingerprint density at radius 2 is 1.65 bits per heavy atom. The standard InChI is InChI=1S/C40H40N6O9/c1-6-55-31-18-22(12-13-30(31)47)34-24-14-17-44-38(51)43(16-15-26-36(49)42(3)29-21-33(54-5)32(53-4)20-27(29)41-26)39(52)46(44)28(24)19-25-35(48)45(37(50)40(25,34)2)23-10-8-7-9-11-23/h7-14,18,20-21,25,28,34,47H,6,15-17,19H2,1-5H3. The molecule has 5 aromatic rings. The quantitative estimate of drug-likeness (QED) is 0.175. The molecule has 2 aromatic heterocycles. The van der Waals surface area contributed by atoms with Crippen molar-refractivity contribution in [1.82, 2.24) is 23.5 Å². The van der Waals surface area contributed by atoms with Gasteiger partial charge in [0.1, 0.15) is 5.69 Å². The molecule has 8 rings (SSSR count). The van der Waals surface area contributed by atoms with Gasteiger partial charge in [0, 0.05) is 38.1 Å². The number of fused-ring (bicyclic) bond motifs is 5. The molecule has 2 amide bonds. The van der Waals surface area contributed by atoms with Crippen LogP contribution in [-0.2, 0) is 36.1 Å². The van der Waals surface area contributed by atoms with E-state index in [4.69, 9.17) is 14.2 Å². The number of carbonyl (C=O) groups is 2. The van der Waals surface area contributed by atoms with Gasteiger partial charge in [-0.2, -0.15) is 0 Å². The van der Waals surface area contributed by atoms with Crippen LogP contribution < -0.4 is 36.0 Å². The lowest BCUT2D eigenvalue weighted by atomic mass is 9.56. The van der Waals surface area contributed by atoms with Gasteiger partial charge in [0.2, 0.25) is 11.8 Å². The second kappa shape index (κ2) is 13.2. The molecule has 0 spiro atoms. The minimum atomic E-state index is -1.28. The lowest BCUT2D eigenvalue weighted by Crippen LogP contribution is -2.49. The van der Waals surface area contributed by atoms with Crippen LogP contribution in [0.15, 0.2) is 86.7 Å². The number of imide groups is 1. The number of phenolic OH excluding ortho intramolecular Hbond substituents is 1. The van der Waals surface area contributed by atoms with Crippen molar-refractivity contribution in [2.24, 2.45) is 18.4 Å². The maximum atomic E-state index is 14.6. The highest BCUT2D eigenvalue weighted by Crippen LogP contribution is 2.61. The number of rotatable bonds is 9. The Morgan fingerprint density at radius 1 is 0.927 bits per heavy atom. The average molecular weight is 749 g/mol. The van der Waals surface area contributed by atoms with Crippen LogP contribution in [0.3, 0.4) is 0 Å². The lowest BCUT2D eigenvalue weighted by molar-refractivity contribution is -0.129. The number of para-hydroxylation sites is 1. The van der Waals surface area contributed by atoms with Gasteiger partial charge in [-0.1, -0.05) is 30.3 Å². The number of allylic oxidation sites excluding steroid dienone is 2. The number of benzene rings is 3. The van der Waals surface area contributed by atoms with E-state index in [1.807, 2.05) is 6.08 Å². The average Bonchev–Trinajstić information content (AvgIpc) is 3.55. The summed E-state index contributed by atoms with van der Waals surface area (Å²) in [6.45, 7) is 3.76. The first-order valence-electron chi connectivity index (χ1n) is 18.1. The molecule has 1 saturated heterocycles. The van der Waals surface area contributed by atoms with Crippen molar-refractivity contribution in [3.8, 4) is 23.0 Å². The van der Waals surface area contributed by atoms with E-state index in [9.17, 15) is 29.1 Å². The molecule has 15 heteroatoms. The van der Waals surface area contributed by atoms with E-state index in [-0.39, 0.29) is 61.2 Å². The van der Waals surface area contributed by atoms with Crippen LogP contribution in [-0.4, -0.2) is 61.2 Å². The minimum absolute atomic E-state index is 0.0167. The Bertz CT molecular complexity index is 2620. The van der Waals surface area contributed by atoms with Crippen LogP contribution in [0.4, 0.5) is 5.69 Å². The molecular formula is C40H40N6O9. The van der Waals surface area contributed by atoms with Crippen molar-refractivity contribution in [2.45, 2.75) is 51.7 Å². The van der Waals surface area contributed by atoms with E-state index in [0.717, 1.165) is 4.57 Å². The second-order valence-corrected chi connectivity index (χ2v) is 14.2. The number of amides is 2. The molecule has 2 aliphatic heterocycles. The number of aromatic nitrogens is 5. The molecule has 4 heterocycles. The number of nitrogens with zero attached hydrogens (tertiary/aromatic N) is 6. The van der Waals surface area contributed by atoms with Gasteiger partial charge in [0.25, 0.3) is 5.56 Å². The summed E-state index contributed by atoms with van der Waals surface area (Å²) >= 11 is 0. The van der Waals surface area contributed by atoms with E-state index in [2.05, 4.69) is 4.98 Å². The smallest absolute Gasteiger partial charge is 0.347 e. The number of hydrogen-bond acceptors (Lipinski definition) is 10. The van der Waals surface area contributed by atoms with Crippen molar-refractivity contribution >= 4 is 28.5 Å². The van der Waals surface area contributed by atoms with Crippen molar-refractivity contribution in [2.75, 3.05) is 25.7 Å². The van der Waals surface area contributed by atoms with Gasteiger partial charge in [-0.3, -0.25) is 14.4 Å². The molecule has 0 radical (unpaired) electrons. The first kappa shape index (κ1) is 35.6. The lowest BCUT2D eigenvalue weighted by Gasteiger charge is -2.47. The first-order chi connectivity index (χ1) is 26.4. The molecule has 2 fully saturated rings. The highest BCUT2D eigenvalue weighted by atomic mass is 16.5. The highest BCUT2D eigenvalue weighted by Gasteiger charge is 2.65. The Labute approximate surface area is 314 Å². The van der Waals surface area contributed by atoms with E-state index >= 15 is 0 Å². The molecule has 3 aromatic carbocycles. The van der Waals surface area contributed by atoms with Gasteiger partial charge in [-0.05, 0) is 55.7 Å². The van der Waals surface area contributed by atoms with E-state index in [1.54, 1.807) is 75.5 Å². The van der Waals surface area contributed by atoms with Crippen molar-refractivity contribution < 1.29 is 28.9 Å². The fourth-order valence-corrected chi connectivity index (χ4v) is 8.79. The predicted molar refractivity (Wildman–Crippen MR) is 201 cm³/mol. The van der Waals surface area contributed by atoms with Crippen LogP contribution in [0.25, 0.3) is 11.0 Å². The van der Waals surface area contributed by atoms with Crippen LogP contribution >= 0.6 is 0 Å². The van der Waals surface area contributed by atoms with Crippen LogP contribution in [0.2, 0.25) is 0 Å². The molecule has 1 N–H and O–H groups in total. The van der Waals surface area contributed by atoms with Crippen molar-refractivity contribution in [1.29, 1.82) is 0 Å². The summed E-state index contributed by atoms with van der Waals surface area (Å²) in [6.07, 6.45) is 1.93. The maximum Gasteiger partial charge on any atom is 0.347 e. The summed E-state index contributed by atoms with van der Waals surface area (Å²) in [7, 11) is 4.61. The molecular weight excluding hydrogens is 708 g/mol. The molecule has 15 nitrogen and oxygen atoms in total. The van der Waals surface area contributed by atoms with Gasteiger partial charge >= 0.3 is 11.4 Å². The number of aryl methyl sites for hydroxylation is 2. The number of hydrogen-bond donors (Lipinski definition) is 1. The van der Waals surface area contributed by atoms with Gasteiger partial charge in [-0.15, -0.1) is 0 Å². The third kappa shape index (κ3) is 5.23. The largest absolute Gasteiger partial charge is 0.504 e. The number of anilines is 1. The molecule has 4 unspecified atom stereocenters. The third-order valence-electron chi connectivity index (χ3n) is 11.5. The summed E-state index contributed by atoms with van der Waals surface area (Å²) in [5.74, 6) is -1.34. The molecule has 3 aliphatic rings. The Balaban J connectivity index is 1.21. The monoisotopic (exact) mass is 748 g/mol.